The monoisotopic (exact) mass is 442 g/mol. The van der Waals surface area contributed by atoms with E-state index in [2.05, 4.69) is 15.6 Å². The average molecular weight is 442 g/mol. The van der Waals surface area contributed by atoms with Gasteiger partial charge in [0.15, 0.2) is 9.84 Å². The highest BCUT2D eigenvalue weighted by atomic mass is 32.2. The van der Waals surface area contributed by atoms with E-state index in [0.717, 1.165) is 5.41 Å². The van der Waals surface area contributed by atoms with Crippen LogP contribution in [0, 0.1) is 5.82 Å². The third kappa shape index (κ3) is 4.19. The van der Waals surface area contributed by atoms with Gasteiger partial charge in [0.2, 0.25) is 6.17 Å². The highest BCUT2D eigenvalue weighted by Crippen LogP contribution is 2.28. The SMILES string of the molecule is CN1C(=O)C(NC(=O)NC2C=CS(=O)(=O)C2)N=C(c2ccccc2F)c2ccccc21. The first-order valence-corrected chi connectivity index (χ1v) is 11.1. The molecule has 160 valence electrons. The van der Waals surface area contributed by atoms with Gasteiger partial charge in [0.25, 0.3) is 5.91 Å². The fourth-order valence-electron chi connectivity index (χ4n) is 3.48. The molecule has 2 aromatic carbocycles. The number of amides is 3. The zero-order chi connectivity index (χ0) is 22.2. The van der Waals surface area contributed by atoms with Crippen molar-refractivity contribution in [2.24, 2.45) is 4.99 Å². The van der Waals surface area contributed by atoms with Crippen LogP contribution in [0.5, 0.6) is 0 Å². The minimum atomic E-state index is -3.35. The van der Waals surface area contributed by atoms with Crippen molar-refractivity contribution < 1.29 is 22.4 Å². The Morgan fingerprint density at radius 1 is 1.10 bits per heavy atom. The third-order valence-electron chi connectivity index (χ3n) is 4.99. The number of para-hydroxylation sites is 1. The molecule has 2 aliphatic rings. The van der Waals surface area contributed by atoms with E-state index in [1.54, 1.807) is 49.5 Å². The Hall–Kier alpha value is -3.53. The smallest absolute Gasteiger partial charge is 0.317 e. The predicted molar refractivity (Wildman–Crippen MR) is 114 cm³/mol. The molecule has 2 aliphatic heterocycles. The van der Waals surface area contributed by atoms with Gasteiger partial charge in [-0.1, -0.05) is 30.3 Å². The van der Waals surface area contributed by atoms with E-state index in [0.29, 0.717) is 11.3 Å². The maximum Gasteiger partial charge on any atom is 0.317 e. The molecule has 0 aliphatic carbocycles. The third-order valence-corrected chi connectivity index (χ3v) is 6.38. The number of halogens is 1. The second kappa shape index (κ2) is 7.95. The Kier molecular flexibility index (Phi) is 5.32. The van der Waals surface area contributed by atoms with E-state index in [1.807, 2.05) is 0 Å². The molecule has 4 rings (SSSR count). The van der Waals surface area contributed by atoms with E-state index in [-0.39, 0.29) is 17.0 Å². The molecule has 0 bridgehead atoms. The Balaban J connectivity index is 1.68. The fourth-order valence-corrected chi connectivity index (χ4v) is 4.72. The van der Waals surface area contributed by atoms with Crippen molar-refractivity contribution >= 4 is 33.2 Å². The first kappa shape index (κ1) is 20.7. The number of nitrogens with one attached hydrogen (secondary N) is 2. The molecule has 31 heavy (non-hydrogen) atoms. The fraction of sp³-hybridized carbons (Fsp3) is 0.190. The van der Waals surface area contributed by atoms with Crippen molar-refractivity contribution in [1.29, 1.82) is 0 Å². The molecule has 0 saturated carbocycles. The van der Waals surface area contributed by atoms with E-state index in [4.69, 9.17) is 0 Å². The van der Waals surface area contributed by atoms with Crippen LogP contribution in [0.25, 0.3) is 0 Å². The number of sulfone groups is 1. The van der Waals surface area contributed by atoms with E-state index < -0.39 is 39.8 Å². The Labute approximate surface area is 178 Å². The van der Waals surface area contributed by atoms with Gasteiger partial charge in [-0.2, -0.15) is 0 Å². The molecule has 3 amide bonds. The van der Waals surface area contributed by atoms with Crippen LogP contribution in [-0.4, -0.2) is 51.1 Å². The van der Waals surface area contributed by atoms with Crippen LogP contribution in [0.15, 0.2) is 65.0 Å². The molecule has 10 heteroatoms. The lowest BCUT2D eigenvalue weighted by Gasteiger charge is -2.21. The van der Waals surface area contributed by atoms with Crippen molar-refractivity contribution in [3.05, 3.63) is 77.0 Å². The molecule has 0 saturated heterocycles. The Bertz CT molecular complexity index is 1230. The van der Waals surface area contributed by atoms with Gasteiger partial charge in [-0.05, 0) is 24.3 Å². The summed E-state index contributed by atoms with van der Waals surface area (Å²) in [5.74, 6) is -1.30. The van der Waals surface area contributed by atoms with Crippen LogP contribution < -0.4 is 15.5 Å². The van der Waals surface area contributed by atoms with Gasteiger partial charge in [0.1, 0.15) is 5.82 Å². The summed E-state index contributed by atoms with van der Waals surface area (Å²) in [6.45, 7) is 0. The largest absolute Gasteiger partial charge is 0.331 e. The molecule has 0 fully saturated rings. The number of carbonyl (C=O) groups excluding carboxylic acids is 2. The second-order valence-electron chi connectivity index (χ2n) is 7.16. The standard InChI is InChI=1S/C21H19FN4O4S/c1-26-17-9-5-3-7-15(17)18(14-6-2-4-8-16(14)22)24-19(20(26)27)25-21(28)23-13-10-11-31(29,30)12-13/h2-11,13,19H,12H2,1H3,(H2,23,25,28). The van der Waals surface area contributed by atoms with Crippen molar-refractivity contribution in [3.63, 3.8) is 0 Å². The summed E-state index contributed by atoms with van der Waals surface area (Å²) >= 11 is 0. The minimum Gasteiger partial charge on any atom is -0.331 e. The van der Waals surface area contributed by atoms with Crippen molar-refractivity contribution in [2.75, 3.05) is 17.7 Å². The molecule has 0 spiro atoms. The number of urea groups is 1. The van der Waals surface area contributed by atoms with Crippen LogP contribution in [0.4, 0.5) is 14.9 Å². The molecule has 2 aromatic rings. The topological polar surface area (TPSA) is 108 Å². The van der Waals surface area contributed by atoms with Crippen LogP contribution in [0.2, 0.25) is 0 Å². The van der Waals surface area contributed by atoms with Crippen LogP contribution in [-0.2, 0) is 14.6 Å². The molecule has 2 heterocycles. The zero-order valence-corrected chi connectivity index (χ0v) is 17.3. The molecular weight excluding hydrogens is 423 g/mol. The van der Waals surface area contributed by atoms with Gasteiger partial charge in [0.05, 0.1) is 23.2 Å². The summed E-state index contributed by atoms with van der Waals surface area (Å²) in [6.07, 6.45) is 0.0221. The number of fused-ring (bicyclic) bond motifs is 1. The maximum absolute atomic E-state index is 14.6. The minimum absolute atomic E-state index is 0.190. The number of hydrogen-bond donors (Lipinski definition) is 2. The predicted octanol–water partition coefficient (Wildman–Crippen LogP) is 1.58. The van der Waals surface area contributed by atoms with Gasteiger partial charge in [0, 0.05) is 23.6 Å². The zero-order valence-electron chi connectivity index (χ0n) is 16.4. The second-order valence-corrected chi connectivity index (χ2v) is 9.09. The molecule has 2 atom stereocenters. The molecular formula is C21H19FN4O4S. The van der Waals surface area contributed by atoms with Gasteiger partial charge in [-0.15, -0.1) is 0 Å². The number of anilines is 1. The summed E-state index contributed by atoms with van der Waals surface area (Å²) in [5, 5.41) is 6.00. The Morgan fingerprint density at radius 3 is 2.45 bits per heavy atom. The lowest BCUT2D eigenvalue weighted by atomic mass is 10.00. The lowest BCUT2D eigenvalue weighted by Crippen LogP contribution is -2.51. The number of aliphatic imine (C=N–C) groups is 1. The molecule has 0 aromatic heterocycles. The summed E-state index contributed by atoms with van der Waals surface area (Å²) in [4.78, 5) is 31.2. The Morgan fingerprint density at radius 2 is 1.77 bits per heavy atom. The highest BCUT2D eigenvalue weighted by molar-refractivity contribution is 7.94. The van der Waals surface area contributed by atoms with Crippen LogP contribution in [0.1, 0.15) is 11.1 Å². The number of likely N-dealkylation sites (N-methyl/N-ethyl adjacent to an activating group) is 1. The number of carbonyl (C=O) groups is 2. The number of hydrogen-bond acceptors (Lipinski definition) is 5. The van der Waals surface area contributed by atoms with Gasteiger partial charge in [-0.3, -0.25) is 4.79 Å². The van der Waals surface area contributed by atoms with Crippen LogP contribution in [0.3, 0.4) is 0 Å². The van der Waals surface area contributed by atoms with E-state index in [1.165, 1.54) is 17.0 Å². The van der Waals surface area contributed by atoms with E-state index >= 15 is 0 Å². The van der Waals surface area contributed by atoms with Gasteiger partial charge in [-0.25, -0.2) is 22.6 Å². The van der Waals surface area contributed by atoms with Crippen molar-refractivity contribution in [1.82, 2.24) is 10.6 Å². The van der Waals surface area contributed by atoms with Crippen molar-refractivity contribution in [3.8, 4) is 0 Å². The summed E-state index contributed by atoms with van der Waals surface area (Å²) < 4.78 is 37.7. The first-order chi connectivity index (χ1) is 14.7. The number of benzene rings is 2. The van der Waals surface area contributed by atoms with Crippen molar-refractivity contribution in [2.45, 2.75) is 12.2 Å². The molecule has 2 N–H and O–H groups in total. The molecule has 0 radical (unpaired) electrons. The summed E-state index contributed by atoms with van der Waals surface area (Å²) in [5.41, 5.74) is 1.47. The number of benzodiazepines with no additional fused rings is 1. The molecule has 8 nitrogen and oxygen atoms in total. The van der Waals surface area contributed by atoms with Gasteiger partial charge < -0.3 is 15.5 Å². The number of nitrogens with zero attached hydrogens (tertiary/aromatic N) is 2. The molecule has 2 unspecified atom stereocenters. The average Bonchev–Trinajstić information content (AvgIpc) is 3.04. The quantitative estimate of drug-likeness (QED) is 0.752. The summed E-state index contributed by atoms with van der Waals surface area (Å²) in [7, 11) is -1.81. The lowest BCUT2D eigenvalue weighted by molar-refractivity contribution is -0.119. The normalized spacial score (nSPS) is 21.8. The number of rotatable bonds is 3. The summed E-state index contributed by atoms with van der Waals surface area (Å²) in [6, 6.07) is 11.5. The maximum atomic E-state index is 14.6. The van der Waals surface area contributed by atoms with Gasteiger partial charge >= 0.3 is 6.03 Å². The van der Waals surface area contributed by atoms with E-state index in [9.17, 15) is 22.4 Å². The first-order valence-electron chi connectivity index (χ1n) is 9.43. The van der Waals surface area contributed by atoms with Crippen LogP contribution >= 0.6 is 0 Å². The highest BCUT2D eigenvalue weighted by Gasteiger charge is 2.32.